The van der Waals surface area contributed by atoms with E-state index in [9.17, 15) is 14.4 Å². The molecule has 2 N–H and O–H groups in total. The molecule has 0 bridgehead atoms. The fourth-order valence-corrected chi connectivity index (χ4v) is 5.34. The summed E-state index contributed by atoms with van der Waals surface area (Å²) in [5.41, 5.74) is 4.00. The SMILES string of the molecule is O=C1CCC(N2Cc3cc(CNC4CCCN(Cc5ccc(Cl)cc5)C4)ccc3C2=O)C(=O)N1. The van der Waals surface area contributed by atoms with Crippen LogP contribution in [0.5, 0.6) is 0 Å². The minimum atomic E-state index is -0.576. The van der Waals surface area contributed by atoms with Crippen LogP contribution in [-0.2, 0) is 29.2 Å². The largest absolute Gasteiger partial charge is 0.322 e. The number of carbonyl (C=O) groups excluding carboxylic acids is 3. The number of fused-ring (bicyclic) bond motifs is 1. The Kier molecular flexibility index (Phi) is 6.68. The van der Waals surface area contributed by atoms with Gasteiger partial charge in [-0.3, -0.25) is 24.6 Å². The standard InChI is InChI=1S/C26H29ClN4O3/c27-20-6-3-17(4-7-20)14-30-11-1-2-21(16-30)28-13-18-5-8-22-19(12-18)15-31(26(22)34)23-9-10-24(32)29-25(23)33/h3-8,12,21,23,28H,1-2,9-11,13-16H2,(H,29,32,33). The Morgan fingerprint density at radius 3 is 2.62 bits per heavy atom. The van der Waals surface area contributed by atoms with Crippen molar-refractivity contribution < 1.29 is 14.4 Å². The molecule has 178 valence electrons. The molecule has 0 spiro atoms. The Morgan fingerprint density at radius 2 is 1.82 bits per heavy atom. The molecule has 7 nitrogen and oxygen atoms in total. The number of carbonyl (C=O) groups is 3. The average molecular weight is 481 g/mol. The molecule has 5 rings (SSSR count). The van der Waals surface area contributed by atoms with Crippen molar-refractivity contribution in [1.82, 2.24) is 20.4 Å². The van der Waals surface area contributed by atoms with Crippen LogP contribution in [0, 0.1) is 0 Å². The summed E-state index contributed by atoms with van der Waals surface area (Å²) in [6.07, 6.45) is 2.95. The molecule has 2 aromatic carbocycles. The minimum Gasteiger partial charge on any atom is -0.322 e. The van der Waals surface area contributed by atoms with Gasteiger partial charge in [-0.15, -0.1) is 0 Å². The molecular weight excluding hydrogens is 452 g/mol. The third-order valence-electron chi connectivity index (χ3n) is 7.01. The number of nitrogens with one attached hydrogen (secondary N) is 2. The molecule has 0 aliphatic carbocycles. The normalized spacial score (nSPS) is 23.2. The van der Waals surface area contributed by atoms with Crippen molar-refractivity contribution in [3.63, 3.8) is 0 Å². The molecule has 2 aromatic rings. The van der Waals surface area contributed by atoms with E-state index in [1.165, 1.54) is 5.56 Å². The van der Waals surface area contributed by atoms with E-state index in [1.54, 1.807) is 4.90 Å². The van der Waals surface area contributed by atoms with E-state index in [0.717, 1.165) is 55.2 Å². The monoisotopic (exact) mass is 480 g/mol. The predicted octanol–water partition coefficient (Wildman–Crippen LogP) is 2.86. The summed E-state index contributed by atoms with van der Waals surface area (Å²) in [5, 5.41) is 6.80. The Balaban J connectivity index is 1.17. The molecule has 0 aromatic heterocycles. The number of nitrogens with zero attached hydrogens (tertiary/aromatic N) is 2. The first kappa shape index (κ1) is 23.0. The molecule has 2 fully saturated rings. The number of benzene rings is 2. The lowest BCUT2D eigenvalue weighted by Gasteiger charge is -2.33. The highest BCUT2D eigenvalue weighted by molar-refractivity contribution is 6.30. The minimum absolute atomic E-state index is 0.130. The van der Waals surface area contributed by atoms with Crippen molar-refractivity contribution in [1.29, 1.82) is 0 Å². The smallest absolute Gasteiger partial charge is 0.255 e. The van der Waals surface area contributed by atoms with Gasteiger partial charge in [-0.05, 0) is 60.7 Å². The maximum absolute atomic E-state index is 12.9. The molecule has 3 aliphatic heterocycles. The highest BCUT2D eigenvalue weighted by atomic mass is 35.5. The fraction of sp³-hybridized carbons (Fsp3) is 0.423. The maximum Gasteiger partial charge on any atom is 0.255 e. The van der Waals surface area contributed by atoms with E-state index in [0.29, 0.717) is 24.6 Å². The van der Waals surface area contributed by atoms with Crippen LogP contribution in [0.3, 0.4) is 0 Å². The van der Waals surface area contributed by atoms with Gasteiger partial charge < -0.3 is 10.2 Å². The van der Waals surface area contributed by atoms with E-state index >= 15 is 0 Å². The number of rotatable bonds is 6. The van der Waals surface area contributed by atoms with Gasteiger partial charge in [0, 0.05) is 49.2 Å². The summed E-state index contributed by atoms with van der Waals surface area (Å²) in [5.74, 6) is -0.776. The third kappa shape index (κ3) is 5.02. The van der Waals surface area contributed by atoms with Crippen molar-refractivity contribution in [3.8, 4) is 0 Å². The molecular formula is C26H29ClN4O3. The quantitative estimate of drug-likeness (QED) is 0.621. The van der Waals surface area contributed by atoms with E-state index in [1.807, 2.05) is 24.3 Å². The van der Waals surface area contributed by atoms with E-state index < -0.39 is 6.04 Å². The molecule has 3 aliphatic rings. The highest BCUT2D eigenvalue weighted by Gasteiger charge is 2.39. The van der Waals surface area contributed by atoms with Crippen LogP contribution < -0.4 is 10.6 Å². The first-order chi connectivity index (χ1) is 16.5. The zero-order valence-electron chi connectivity index (χ0n) is 19.1. The molecule has 2 unspecified atom stereocenters. The number of likely N-dealkylation sites (tertiary alicyclic amines) is 1. The Bertz CT molecular complexity index is 1100. The van der Waals surface area contributed by atoms with Gasteiger partial charge in [0.1, 0.15) is 6.04 Å². The number of hydrogen-bond acceptors (Lipinski definition) is 5. The summed E-state index contributed by atoms with van der Waals surface area (Å²) in [7, 11) is 0. The van der Waals surface area contributed by atoms with Crippen LogP contribution in [-0.4, -0.2) is 52.7 Å². The first-order valence-corrected chi connectivity index (χ1v) is 12.3. The molecule has 0 saturated carbocycles. The number of halogens is 1. The molecule has 2 saturated heterocycles. The number of amides is 3. The number of piperidine rings is 2. The van der Waals surface area contributed by atoms with Gasteiger partial charge in [-0.2, -0.15) is 0 Å². The molecule has 3 amide bonds. The summed E-state index contributed by atoms with van der Waals surface area (Å²) in [4.78, 5) is 40.6. The molecule has 2 atom stereocenters. The van der Waals surface area contributed by atoms with Gasteiger partial charge in [0.15, 0.2) is 0 Å². The summed E-state index contributed by atoms with van der Waals surface area (Å²) in [6.45, 7) is 4.16. The molecule has 8 heteroatoms. The molecule has 0 radical (unpaired) electrons. The third-order valence-corrected chi connectivity index (χ3v) is 7.26. The zero-order valence-corrected chi connectivity index (χ0v) is 19.8. The van der Waals surface area contributed by atoms with Crippen molar-refractivity contribution in [2.45, 2.75) is 57.4 Å². The second-order valence-corrected chi connectivity index (χ2v) is 9.91. The van der Waals surface area contributed by atoms with Crippen LogP contribution in [0.25, 0.3) is 0 Å². The second kappa shape index (κ2) is 9.86. The average Bonchev–Trinajstić information content (AvgIpc) is 3.15. The lowest BCUT2D eigenvalue weighted by molar-refractivity contribution is -0.136. The van der Waals surface area contributed by atoms with E-state index in [-0.39, 0.29) is 24.1 Å². The molecule has 3 heterocycles. The Labute approximate surface area is 204 Å². The predicted molar refractivity (Wildman–Crippen MR) is 129 cm³/mol. The van der Waals surface area contributed by atoms with Gasteiger partial charge >= 0.3 is 0 Å². The zero-order chi connectivity index (χ0) is 23.7. The first-order valence-electron chi connectivity index (χ1n) is 11.9. The summed E-state index contributed by atoms with van der Waals surface area (Å²) >= 11 is 6.00. The van der Waals surface area contributed by atoms with Crippen LogP contribution >= 0.6 is 11.6 Å². The topological polar surface area (TPSA) is 81.8 Å². The van der Waals surface area contributed by atoms with Gasteiger partial charge in [-0.25, -0.2) is 0 Å². The van der Waals surface area contributed by atoms with Crippen molar-refractivity contribution in [2.24, 2.45) is 0 Å². The van der Waals surface area contributed by atoms with Gasteiger partial charge in [0.2, 0.25) is 11.8 Å². The molecule has 34 heavy (non-hydrogen) atoms. The second-order valence-electron chi connectivity index (χ2n) is 9.47. The summed E-state index contributed by atoms with van der Waals surface area (Å²) < 4.78 is 0. The van der Waals surface area contributed by atoms with Crippen molar-refractivity contribution in [2.75, 3.05) is 13.1 Å². The summed E-state index contributed by atoms with van der Waals surface area (Å²) in [6, 6.07) is 13.8. The van der Waals surface area contributed by atoms with E-state index in [4.69, 9.17) is 11.6 Å². The Hall–Kier alpha value is -2.74. The van der Waals surface area contributed by atoms with Crippen LogP contribution in [0.2, 0.25) is 5.02 Å². The van der Waals surface area contributed by atoms with Gasteiger partial charge in [-0.1, -0.05) is 35.9 Å². The van der Waals surface area contributed by atoms with Gasteiger partial charge in [0.05, 0.1) is 0 Å². The fourth-order valence-electron chi connectivity index (χ4n) is 5.21. The lowest BCUT2D eigenvalue weighted by Crippen LogP contribution is -2.52. The highest BCUT2D eigenvalue weighted by Crippen LogP contribution is 2.28. The van der Waals surface area contributed by atoms with Crippen LogP contribution in [0.15, 0.2) is 42.5 Å². The van der Waals surface area contributed by atoms with E-state index in [2.05, 4.69) is 33.7 Å². The lowest BCUT2D eigenvalue weighted by atomic mass is 10.0. The van der Waals surface area contributed by atoms with Crippen LogP contribution in [0.1, 0.15) is 52.7 Å². The van der Waals surface area contributed by atoms with Crippen LogP contribution in [0.4, 0.5) is 0 Å². The van der Waals surface area contributed by atoms with Crippen molar-refractivity contribution >= 4 is 29.3 Å². The number of imide groups is 1. The maximum atomic E-state index is 12.9. The number of hydrogen-bond donors (Lipinski definition) is 2. The van der Waals surface area contributed by atoms with Crippen molar-refractivity contribution in [3.05, 3.63) is 69.7 Å². The van der Waals surface area contributed by atoms with Gasteiger partial charge in [0.25, 0.3) is 5.91 Å². The Morgan fingerprint density at radius 1 is 1.03 bits per heavy atom.